The maximum atomic E-state index is 10.9. The molecule has 0 saturated heterocycles. The van der Waals surface area contributed by atoms with E-state index in [-0.39, 0.29) is 0 Å². The van der Waals surface area contributed by atoms with E-state index in [0.29, 0.717) is 12.5 Å². The molecule has 0 spiro atoms. The largest absolute Gasteiger partial charge is 0.450 e. The number of anilines is 1. The number of ether oxygens (including phenoxy) is 1. The summed E-state index contributed by atoms with van der Waals surface area (Å²) in [6.45, 7) is 4.07. The molecule has 0 aromatic carbocycles. The highest BCUT2D eigenvalue weighted by Gasteiger charge is 1.99. The summed E-state index contributed by atoms with van der Waals surface area (Å²) in [5, 5.41) is 2.58. The molecule has 1 rings (SSSR count). The molecule has 16 heavy (non-hydrogen) atoms. The topological polar surface area (TPSA) is 63.2 Å². The van der Waals surface area contributed by atoms with Crippen molar-refractivity contribution in [3.63, 3.8) is 0 Å². The highest BCUT2D eigenvalue weighted by molar-refractivity contribution is 8.00. The van der Waals surface area contributed by atoms with Crippen LogP contribution in [0.4, 0.5) is 10.6 Å². The van der Waals surface area contributed by atoms with Gasteiger partial charge in [-0.3, -0.25) is 0 Å². The van der Waals surface area contributed by atoms with Crippen LogP contribution in [0.5, 0.6) is 0 Å². The van der Waals surface area contributed by atoms with Crippen molar-refractivity contribution >= 4 is 23.9 Å². The summed E-state index contributed by atoms with van der Waals surface area (Å²) in [6.07, 6.45) is -0.408. The van der Waals surface area contributed by atoms with Crippen LogP contribution in [0.25, 0.3) is 0 Å². The number of rotatable bonds is 5. The van der Waals surface area contributed by atoms with Crippen molar-refractivity contribution in [1.82, 2.24) is 10.3 Å². The Kier molecular flexibility index (Phi) is 5.49. The van der Waals surface area contributed by atoms with E-state index < -0.39 is 6.09 Å². The third-order valence-corrected chi connectivity index (χ3v) is 2.27. The molecule has 0 aliphatic heterocycles. The van der Waals surface area contributed by atoms with E-state index >= 15 is 0 Å². The molecule has 6 heteroatoms. The summed E-state index contributed by atoms with van der Waals surface area (Å²) in [4.78, 5) is 15.2. The lowest BCUT2D eigenvalue weighted by Gasteiger charge is -2.06. The minimum Gasteiger partial charge on any atom is -0.450 e. The van der Waals surface area contributed by atoms with E-state index in [0.717, 1.165) is 11.5 Å². The predicted octanol–water partition coefficient (Wildman–Crippen LogP) is 2.15. The Balaban J connectivity index is 2.18. The maximum absolute atomic E-state index is 10.9. The summed E-state index contributed by atoms with van der Waals surface area (Å²) < 4.78 is 7.72. The van der Waals surface area contributed by atoms with E-state index in [2.05, 4.69) is 15.0 Å². The van der Waals surface area contributed by atoms with Gasteiger partial charge in [-0.15, -0.1) is 0 Å². The van der Waals surface area contributed by atoms with Crippen molar-refractivity contribution < 1.29 is 9.53 Å². The molecule has 1 amide bonds. The molecule has 0 unspecified atom stereocenters. The minimum atomic E-state index is -0.408. The lowest BCUT2D eigenvalue weighted by atomic mass is 10.4. The molecule has 0 aliphatic carbocycles. The Morgan fingerprint density at radius 3 is 3.06 bits per heavy atom. The van der Waals surface area contributed by atoms with Gasteiger partial charge in [0.05, 0.1) is 12.5 Å². The molecular formula is C10H15N3O2S. The fourth-order valence-corrected chi connectivity index (χ4v) is 1.51. The molecule has 2 N–H and O–H groups in total. The molecule has 1 aromatic rings. The summed E-state index contributed by atoms with van der Waals surface area (Å²) in [5.74, 6) is 1.20. The smallest absolute Gasteiger partial charge is 0.407 e. The number of aryl methyl sites for hydroxylation is 1. The number of amides is 1. The van der Waals surface area contributed by atoms with Gasteiger partial charge in [0, 0.05) is 5.69 Å². The second kappa shape index (κ2) is 6.95. The zero-order valence-corrected chi connectivity index (χ0v) is 10.1. The van der Waals surface area contributed by atoms with Crippen LogP contribution in [-0.4, -0.2) is 23.6 Å². The van der Waals surface area contributed by atoms with Gasteiger partial charge in [0.1, 0.15) is 5.82 Å². The summed E-state index contributed by atoms with van der Waals surface area (Å²) in [6, 6.07) is 5.71. The second-order valence-electron chi connectivity index (χ2n) is 2.95. The molecule has 88 valence electrons. The zero-order valence-electron chi connectivity index (χ0n) is 9.32. The first-order valence-corrected chi connectivity index (χ1v) is 5.93. The minimum absolute atomic E-state index is 0.378. The second-order valence-corrected chi connectivity index (χ2v) is 3.73. The Labute approximate surface area is 99.1 Å². The number of alkyl carbamates (subject to hydrolysis) is 1. The van der Waals surface area contributed by atoms with Crippen LogP contribution in [-0.2, 0) is 4.74 Å². The number of hydrogen-bond acceptors (Lipinski definition) is 5. The summed E-state index contributed by atoms with van der Waals surface area (Å²) in [7, 11) is 0. The SMILES string of the molecule is CCOC(=O)NCSNc1cccc(C)n1. The predicted molar refractivity (Wildman–Crippen MR) is 65.2 cm³/mol. The van der Waals surface area contributed by atoms with Crippen LogP contribution in [0.3, 0.4) is 0 Å². The molecule has 0 saturated carbocycles. The molecular weight excluding hydrogens is 226 g/mol. The van der Waals surface area contributed by atoms with Gasteiger partial charge in [-0.1, -0.05) is 6.07 Å². The third kappa shape index (κ3) is 4.88. The van der Waals surface area contributed by atoms with Gasteiger partial charge >= 0.3 is 6.09 Å². The van der Waals surface area contributed by atoms with Crippen molar-refractivity contribution in [2.45, 2.75) is 13.8 Å². The van der Waals surface area contributed by atoms with Crippen LogP contribution >= 0.6 is 11.9 Å². The van der Waals surface area contributed by atoms with E-state index in [4.69, 9.17) is 4.74 Å². The van der Waals surface area contributed by atoms with Crippen LogP contribution in [0, 0.1) is 6.92 Å². The number of hydrogen-bond donors (Lipinski definition) is 2. The van der Waals surface area contributed by atoms with Gasteiger partial charge in [0.2, 0.25) is 0 Å². The fraction of sp³-hybridized carbons (Fsp3) is 0.400. The number of pyridine rings is 1. The van der Waals surface area contributed by atoms with Gasteiger partial charge in [0.15, 0.2) is 0 Å². The molecule has 5 nitrogen and oxygen atoms in total. The standard InChI is InChI=1S/C10H15N3O2S/c1-3-15-10(14)11-7-16-13-9-6-4-5-8(2)12-9/h4-6H,3,7H2,1-2H3,(H,11,14)(H,12,13). The van der Waals surface area contributed by atoms with Crippen LogP contribution in [0.15, 0.2) is 18.2 Å². The van der Waals surface area contributed by atoms with Gasteiger partial charge in [-0.05, 0) is 37.9 Å². The highest BCUT2D eigenvalue weighted by Crippen LogP contribution is 2.08. The number of aromatic nitrogens is 1. The molecule has 1 aromatic heterocycles. The first-order chi connectivity index (χ1) is 7.72. The number of nitrogens with one attached hydrogen (secondary N) is 2. The van der Waals surface area contributed by atoms with Gasteiger partial charge in [-0.2, -0.15) is 0 Å². The quantitative estimate of drug-likeness (QED) is 0.470. The Hall–Kier alpha value is -1.43. The first kappa shape index (κ1) is 12.6. The van der Waals surface area contributed by atoms with Crippen LogP contribution < -0.4 is 10.0 Å². The van der Waals surface area contributed by atoms with Crippen molar-refractivity contribution in [1.29, 1.82) is 0 Å². The summed E-state index contributed by atoms with van der Waals surface area (Å²) >= 11 is 1.34. The van der Waals surface area contributed by atoms with Crippen molar-refractivity contribution in [2.24, 2.45) is 0 Å². The molecule has 0 radical (unpaired) electrons. The third-order valence-electron chi connectivity index (χ3n) is 1.63. The zero-order chi connectivity index (χ0) is 11.8. The number of carbonyl (C=O) groups excluding carboxylic acids is 1. The molecule has 0 aliphatic rings. The van der Waals surface area contributed by atoms with Crippen molar-refractivity contribution in [3.8, 4) is 0 Å². The normalized spacial score (nSPS) is 9.62. The number of carbonyl (C=O) groups is 1. The van der Waals surface area contributed by atoms with Crippen LogP contribution in [0.1, 0.15) is 12.6 Å². The Bertz CT molecular complexity index is 347. The molecule has 0 atom stereocenters. The van der Waals surface area contributed by atoms with Gasteiger partial charge < -0.3 is 14.8 Å². The van der Waals surface area contributed by atoms with Gasteiger partial charge in [-0.25, -0.2) is 9.78 Å². The molecule has 0 bridgehead atoms. The van der Waals surface area contributed by atoms with E-state index in [1.165, 1.54) is 11.9 Å². The maximum Gasteiger partial charge on any atom is 0.407 e. The fourth-order valence-electron chi connectivity index (χ4n) is 0.987. The first-order valence-electron chi connectivity index (χ1n) is 4.94. The average molecular weight is 241 g/mol. The Morgan fingerprint density at radius 1 is 1.56 bits per heavy atom. The number of nitrogens with zero attached hydrogens (tertiary/aromatic N) is 1. The molecule has 0 fully saturated rings. The summed E-state index contributed by atoms with van der Waals surface area (Å²) in [5.41, 5.74) is 0.948. The molecule has 1 heterocycles. The lowest BCUT2D eigenvalue weighted by Crippen LogP contribution is -2.24. The van der Waals surface area contributed by atoms with Crippen molar-refractivity contribution in [2.75, 3.05) is 17.2 Å². The van der Waals surface area contributed by atoms with Gasteiger partial charge in [0.25, 0.3) is 0 Å². The van der Waals surface area contributed by atoms with E-state index in [1.54, 1.807) is 6.92 Å². The monoisotopic (exact) mass is 241 g/mol. The van der Waals surface area contributed by atoms with Crippen LogP contribution in [0.2, 0.25) is 0 Å². The average Bonchev–Trinajstić information content (AvgIpc) is 2.25. The Morgan fingerprint density at radius 2 is 2.38 bits per heavy atom. The highest BCUT2D eigenvalue weighted by atomic mass is 32.2. The lowest BCUT2D eigenvalue weighted by molar-refractivity contribution is 0.154. The van der Waals surface area contributed by atoms with Crippen molar-refractivity contribution in [3.05, 3.63) is 23.9 Å². The van der Waals surface area contributed by atoms with E-state index in [1.807, 2.05) is 25.1 Å². The van der Waals surface area contributed by atoms with E-state index in [9.17, 15) is 4.79 Å².